The quantitative estimate of drug-likeness (QED) is 0.869. The summed E-state index contributed by atoms with van der Waals surface area (Å²) in [6, 6.07) is 8.01. The summed E-state index contributed by atoms with van der Waals surface area (Å²) in [6.45, 7) is 7.61. The smallest absolute Gasteiger partial charge is 0.101 e. The van der Waals surface area contributed by atoms with Crippen molar-refractivity contribution in [2.75, 3.05) is 18.5 Å². The van der Waals surface area contributed by atoms with Gasteiger partial charge in [-0.25, -0.2) is 0 Å². The maximum Gasteiger partial charge on any atom is 0.101 e. The number of anilines is 1. The van der Waals surface area contributed by atoms with E-state index in [9.17, 15) is 0 Å². The summed E-state index contributed by atoms with van der Waals surface area (Å²) in [5.41, 5.74) is 1.51. The minimum absolute atomic E-state index is 0.200. The van der Waals surface area contributed by atoms with E-state index in [1.54, 1.807) is 0 Å². The molecule has 0 fully saturated rings. The number of ether oxygens (including phenoxy) is 1. The summed E-state index contributed by atoms with van der Waals surface area (Å²) in [6.07, 6.45) is 0. The number of benzene rings is 1. The highest BCUT2D eigenvalue weighted by Gasteiger charge is 2.15. The highest BCUT2D eigenvalue weighted by atomic mass is 79.9. The molecule has 0 saturated carbocycles. The maximum atomic E-state index is 9.10. The Morgan fingerprint density at radius 1 is 1.44 bits per heavy atom. The van der Waals surface area contributed by atoms with Crippen LogP contribution < -0.4 is 5.32 Å². The van der Waals surface area contributed by atoms with Crippen molar-refractivity contribution >= 4 is 21.6 Å². The first-order valence-corrected chi connectivity index (χ1v) is 6.91. The van der Waals surface area contributed by atoms with Crippen molar-refractivity contribution in [1.29, 1.82) is 5.26 Å². The third-order valence-corrected chi connectivity index (χ3v) is 3.24. The average molecular weight is 311 g/mol. The Kier molecular flexibility index (Phi) is 6.17. The molecule has 1 aromatic rings. The Labute approximate surface area is 117 Å². The monoisotopic (exact) mass is 310 g/mol. The van der Waals surface area contributed by atoms with Gasteiger partial charge in [-0.15, -0.1) is 0 Å². The van der Waals surface area contributed by atoms with E-state index in [2.05, 4.69) is 41.2 Å². The Bertz CT molecular complexity index is 426. The lowest BCUT2D eigenvalue weighted by Gasteiger charge is -2.24. The summed E-state index contributed by atoms with van der Waals surface area (Å²) < 4.78 is 6.44. The SMILES string of the molecule is CCOCC(Nc1cc(Br)ccc1C#N)C(C)C. The molecule has 1 unspecified atom stereocenters. The zero-order valence-corrected chi connectivity index (χ0v) is 12.6. The normalized spacial score (nSPS) is 12.2. The van der Waals surface area contributed by atoms with Crippen LogP contribution >= 0.6 is 15.9 Å². The first-order valence-electron chi connectivity index (χ1n) is 6.12. The molecule has 0 spiro atoms. The highest BCUT2D eigenvalue weighted by Crippen LogP contribution is 2.23. The molecule has 0 aromatic heterocycles. The molecule has 0 bridgehead atoms. The van der Waals surface area contributed by atoms with Gasteiger partial charge in [-0.1, -0.05) is 29.8 Å². The number of nitrogens with zero attached hydrogens (tertiary/aromatic N) is 1. The van der Waals surface area contributed by atoms with Crippen LogP contribution in [0, 0.1) is 17.2 Å². The van der Waals surface area contributed by atoms with E-state index in [1.807, 2.05) is 25.1 Å². The van der Waals surface area contributed by atoms with Crippen LogP contribution in [0.15, 0.2) is 22.7 Å². The molecule has 3 nitrogen and oxygen atoms in total. The van der Waals surface area contributed by atoms with E-state index >= 15 is 0 Å². The van der Waals surface area contributed by atoms with Gasteiger partial charge < -0.3 is 10.1 Å². The molecule has 98 valence electrons. The molecule has 0 saturated heterocycles. The van der Waals surface area contributed by atoms with E-state index in [0.29, 0.717) is 24.7 Å². The molecule has 1 aromatic carbocycles. The Balaban J connectivity index is 2.86. The number of nitriles is 1. The predicted molar refractivity (Wildman–Crippen MR) is 77.6 cm³/mol. The molecule has 1 rings (SSSR count). The molecule has 4 heteroatoms. The molecular weight excluding hydrogens is 292 g/mol. The number of rotatable bonds is 6. The number of halogens is 1. The van der Waals surface area contributed by atoms with Crippen LogP contribution in [0.2, 0.25) is 0 Å². The van der Waals surface area contributed by atoms with Gasteiger partial charge in [0.25, 0.3) is 0 Å². The summed E-state index contributed by atoms with van der Waals surface area (Å²) in [5.74, 6) is 0.432. The van der Waals surface area contributed by atoms with Crippen molar-refractivity contribution in [2.24, 2.45) is 5.92 Å². The Morgan fingerprint density at radius 3 is 2.72 bits per heavy atom. The van der Waals surface area contributed by atoms with Gasteiger partial charge in [-0.2, -0.15) is 5.26 Å². The first-order chi connectivity index (χ1) is 8.58. The Morgan fingerprint density at radius 2 is 2.17 bits per heavy atom. The molecule has 0 aliphatic heterocycles. The summed E-state index contributed by atoms with van der Waals surface area (Å²) in [7, 11) is 0. The summed E-state index contributed by atoms with van der Waals surface area (Å²) in [4.78, 5) is 0. The van der Waals surface area contributed by atoms with Crippen molar-refractivity contribution in [3.05, 3.63) is 28.2 Å². The van der Waals surface area contributed by atoms with Crippen LogP contribution in [-0.2, 0) is 4.74 Å². The zero-order valence-electron chi connectivity index (χ0n) is 11.0. The molecule has 0 heterocycles. The van der Waals surface area contributed by atoms with E-state index in [-0.39, 0.29) is 6.04 Å². The lowest BCUT2D eigenvalue weighted by Crippen LogP contribution is -2.31. The van der Waals surface area contributed by atoms with Gasteiger partial charge in [0, 0.05) is 11.1 Å². The largest absolute Gasteiger partial charge is 0.380 e. The summed E-state index contributed by atoms with van der Waals surface area (Å²) >= 11 is 3.42. The van der Waals surface area contributed by atoms with Crippen molar-refractivity contribution < 1.29 is 4.74 Å². The number of hydrogen-bond donors (Lipinski definition) is 1. The van der Waals surface area contributed by atoms with Crippen LogP contribution in [-0.4, -0.2) is 19.3 Å². The topological polar surface area (TPSA) is 45.0 Å². The fourth-order valence-corrected chi connectivity index (χ4v) is 1.94. The standard InChI is InChI=1S/C14H19BrN2O/c1-4-18-9-14(10(2)3)17-13-7-12(15)6-5-11(13)8-16/h5-7,10,14,17H,4,9H2,1-3H3. The lowest BCUT2D eigenvalue weighted by molar-refractivity contribution is 0.127. The molecule has 1 atom stereocenters. The van der Waals surface area contributed by atoms with Crippen molar-refractivity contribution in [3.63, 3.8) is 0 Å². The molecule has 0 aliphatic rings. The highest BCUT2D eigenvalue weighted by molar-refractivity contribution is 9.10. The van der Waals surface area contributed by atoms with Crippen LogP contribution in [0.25, 0.3) is 0 Å². The van der Waals surface area contributed by atoms with Gasteiger partial charge in [0.05, 0.1) is 23.9 Å². The van der Waals surface area contributed by atoms with Gasteiger partial charge in [0.2, 0.25) is 0 Å². The van der Waals surface area contributed by atoms with Crippen LogP contribution in [0.3, 0.4) is 0 Å². The van der Waals surface area contributed by atoms with Crippen molar-refractivity contribution in [2.45, 2.75) is 26.8 Å². The molecule has 18 heavy (non-hydrogen) atoms. The Hall–Kier alpha value is -1.05. The summed E-state index contributed by atoms with van der Waals surface area (Å²) in [5, 5.41) is 12.5. The molecule has 1 N–H and O–H groups in total. The van der Waals surface area contributed by atoms with Gasteiger partial charge in [-0.3, -0.25) is 0 Å². The van der Waals surface area contributed by atoms with Gasteiger partial charge >= 0.3 is 0 Å². The lowest BCUT2D eigenvalue weighted by atomic mass is 10.0. The molecule has 0 aliphatic carbocycles. The van der Waals surface area contributed by atoms with E-state index < -0.39 is 0 Å². The van der Waals surface area contributed by atoms with E-state index in [1.165, 1.54) is 0 Å². The van der Waals surface area contributed by atoms with Crippen LogP contribution in [0.1, 0.15) is 26.3 Å². The molecule has 0 radical (unpaired) electrons. The zero-order chi connectivity index (χ0) is 13.5. The fraction of sp³-hybridized carbons (Fsp3) is 0.500. The van der Waals surface area contributed by atoms with Crippen LogP contribution in [0.5, 0.6) is 0 Å². The van der Waals surface area contributed by atoms with Gasteiger partial charge in [0.15, 0.2) is 0 Å². The molecule has 0 amide bonds. The van der Waals surface area contributed by atoms with E-state index in [4.69, 9.17) is 10.00 Å². The van der Waals surface area contributed by atoms with Gasteiger partial charge in [0.1, 0.15) is 6.07 Å². The predicted octanol–water partition coefficient (Wildman–Crippen LogP) is 3.79. The van der Waals surface area contributed by atoms with Gasteiger partial charge in [-0.05, 0) is 31.0 Å². The third-order valence-electron chi connectivity index (χ3n) is 2.75. The number of hydrogen-bond acceptors (Lipinski definition) is 3. The third kappa shape index (κ3) is 4.32. The minimum Gasteiger partial charge on any atom is -0.380 e. The van der Waals surface area contributed by atoms with Crippen LogP contribution in [0.4, 0.5) is 5.69 Å². The minimum atomic E-state index is 0.200. The van der Waals surface area contributed by atoms with Crippen molar-refractivity contribution in [3.8, 4) is 6.07 Å². The average Bonchev–Trinajstić information content (AvgIpc) is 2.34. The van der Waals surface area contributed by atoms with Crippen molar-refractivity contribution in [1.82, 2.24) is 0 Å². The second-order valence-electron chi connectivity index (χ2n) is 4.46. The second kappa shape index (κ2) is 7.40. The second-order valence-corrected chi connectivity index (χ2v) is 5.37. The number of nitrogens with one attached hydrogen (secondary N) is 1. The first kappa shape index (κ1) is 15.0. The maximum absolute atomic E-state index is 9.10. The molecular formula is C14H19BrN2O. The fourth-order valence-electron chi connectivity index (χ4n) is 1.58. The van der Waals surface area contributed by atoms with E-state index in [0.717, 1.165) is 10.2 Å².